The van der Waals surface area contributed by atoms with Crippen molar-refractivity contribution in [2.45, 2.75) is 30.8 Å². The van der Waals surface area contributed by atoms with Crippen molar-refractivity contribution in [2.24, 2.45) is 0 Å². The molecule has 0 aromatic carbocycles. The molecule has 106 valence electrons. The van der Waals surface area contributed by atoms with Crippen molar-refractivity contribution >= 4 is 21.6 Å². The van der Waals surface area contributed by atoms with E-state index < -0.39 is 10.0 Å². The lowest BCUT2D eigenvalue weighted by Gasteiger charge is -2.31. The van der Waals surface area contributed by atoms with Crippen LogP contribution in [0.5, 0.6) is 0 Å². The van der Waals surface area contributed by atoms with Gasteiger partial charge in [0, 0.05) is 25.9 Å². The van der Waals surface area contributed by atoms with Crippen molar-refractivity contribution in [3.63, 3.8) is 0 Å². The van der Waals surface area contributed by atoms with Gasteiger partial charge in [0.1, 0.15) is 10.0 Å². The molecule has 0 bridgehead atoms. The number of rotatable bonds is 4. The molecule has 0 unspecified atom stereocenters. The van der Waals surface area contributed by atoms with E-state index >= 15 is 0 Å². The second-order valence-electron chi connectivity index (χ2n) is 4.35. The third kappa shape index (κ3) is 3.25. The average Bonchev–Trinajstić information content (AvgIpc) is 2.40. The van der Waals surface area contributed by atoms with E-state index in [9.17, 15) is 8.42 Å². The van der Waals surface area contributed by atoms with E-state index in [1.54, 1.807) is 6.07 Å². The van der Waals surface area contributed by atoms with Gasteiger partial charge in [0.25, 0.3) is 0 Å². The van der Waals surface area contributed by atoms with Gasteiger partial charge in [-0.15, -0.1) is 0 Å². The highest BCUT2D eigenvalue weighted by atomic mass is 35.5. The predicted octanol–water partition coefficient (Wildman–Crippen LogP) is 1.92. The van der Waals surface area contributed by atoms with Gasteiger partial charge in [-0.25, -0.2) is 13.4 Å². The summed E-state index contributed by atoms with van der Waals surface area (Å²) in [5.41, 5.74) is 0. The summed E-state index contributed by atoms with van der Waals surface area (Å²) in [5.74, 6) is 0. The first kappa shape index (κ1) is 14.7. The standard InChI is InChI=1S/C12H17ClN2O3S/c1-2-18-10-5-8-15(9-6-10)19(16,17)11-4-3-7-14-12(11)13/h3-4,7,10H,2,5-6,8-9H2,1H3. The average molecular weight is 305 g/mol. The minimum atomic E-state index is -3.55. The Hall–Kier alpha value is -0.690. The number of pyridine rings is 1. The molecule has 1 aromatic heterocycles. The van der Waals surface area contributed by atoms with Crippen molar-refractivity contribution in [3.05, 3.63) is 23.5 Å². The Morgan fingerprint density at radius 2 is 2.16 bits per heavy atom. The highest BCUT2D eigenvalue weighted by Gasteiger charge is 2.31. The molecular weight excluding hydrogens is 288 g/mol. The third-order valence-electron chi connectivity index (χ3n) is 3.15. The van der Waals surface area contributed by atoms with Crippen molar-refractivity contribution in [1.29, 1.82) is 0 Å². The van der Waals surface area contributed by atoms with E-state index in [2.05, 4.69) is 4.98 Å². The topological polar surface area (TPSA) is 59.5 Å². The zero-order valence-electron chi connectivity index (χ0n) is 10.8. The van der Waals surface area contributed by atoms with Gasteiger partial charge in [0.15, 0.2) is 0 Å². The fraction of sp³-hybridized carbons (Fsp3) is 0.583. The molecule has 0 atom stereocenters. The number of hydrogen-bond acceptors (Lipinski definition) is 4. The normalized spacial score (nSPS) is 18.6. The summed E-state index contributed by atoms with van der Waals surface area (Å²) in [4.78, 5) is 3.90. The van der Waals surface area contributed by atoms with Crippen molar-refractivity contribution in [3.8, 4) is 0 Å². The van der Waals surface area contributed by atoms with Crippen LogP contribution in [0, 0.1) is 0 Å². The lowest BCUT2D eigenvalue weighted by atomic mass is 10.1. The fourth-order valence-electron chi connectivity index (χ4n) is 2.18. The number of halogens is 1. The Bertz CT molecular complexity index is 528. The molecule has 1 aromatic rings. The molecule has 7 heteroatoms. The van der Waals surface area contributed by atoms with Gasteiger partial charge in [0.2, 0.25) is 10.0 Å². The summed E-state index contributed by atoms with van der Waals surface area (Å²) < 4.78 is 31.8. The minimum Gasteiger partial charge on any atom is -0.378 e. The molecule has 2 heterocycles. The van der Waals surface area contributed by atoms with Crippen LogP contribution < -0.4 is 0 Å². The molecule has 1 aliphatic heterocycles. The van der Waals surface area contributed by atoms with Gasteiger partial charge in [0.05, 0.1) is 6.10 Å². The van der Waals surface area contributed by atoms with E-state index in [0.717, 1.165) is 0 Å². The number of ether oxygens (including phenoxy) is 1. The molecule has 5 nitrogen and oxygen atoms in total. The van der Waals surface area contributed by atoms with Gasteiger partial charge < -0.3 is 4.74 Å². The summed E-state index contributed by atoms with van der Waals surface area (Å²) in [5, 5.41) is 0.0226. The smallest absolute Gasteiger partial charge is 0.246 e. The van der Waals surface area contributed by atoms with Crippen LogP contribution in [0.3, 0.4) is 0 Å². The summed E-state index contributed by atoms with van der Waals surface area (Å²) in [6, 6.07) is 3.06. The number of aromatic nitrogens is 1. The van der Waals surface area contributed by atoms with Gasteiger partial charge in [-0.1, -0.05) is 11.6 Å². The zero-order chi connectivity index (χ0) is 13.9. The summed E-state index contributed by atoms with van der Waals surface area (Å²) in [6.07, 6.45) is 3.05. The van der Waals surface area contributed by atoms with Gasteiger partial charge in [-0.2, -0.15) is 4.31 Å². The zero-order valence-corrected chi connectivity index (χ0v) is 12.3. The summed E-state index contributed by atoms with van der Waals surface area (Å²) >= 11 is 5.86. The van der Waals surface area contributed by atoms with Crippen LogP contribution in [0.2, 0.25) is 5.15 Å². The maximum Gasteiger partial charge on any atom is 0.246 e. The van der Waals surface area contributed by atoms with E-state index in [1.165, 1.54) is 16.6 Å². The Morgan fingerprint density at radius 3 is 2.74 bits per heavy atom. The number of nitrogens with zero attached hydrogens (tertiary/aromatic N) is 2. The van der Waals surface area contributed by atoms with Crippen LogP contribution >= 0.6 is 11.6 Å². The first-order chi connectivity index (χ1) is 9.05. The van der Waals surface area contributed by atoms with E-state index in [0.29, 0.717) is 32.5 Å². The Morgan fingerprint density at radius 1 is 1.47 bits per heavy atom. The Labute approximate surface area is 118 Å². The molecular formula is C12H17ClN2O3S. The quantitative estimate of drug-likeness (QED) is 0.798. The van der Waals surface area contributed by atoms with Crippen LogP contribution in [-0.4, -0.2) is 43.5 Å². The van der Waals surface area contributed by atoms with Crippen LogP contribution in [-0.2, 0) is 14.8 Å². The van der Waals surface area contributed by atoms with E-state index in [1.807, 2.05) is 6.92 Å². The largest absolute Gasteiger partial charge is 0.378 e. The first-order valence-electron chi connectivity index (χ1n) is 6.28. The molecule has 1 fully saturated rings. The van der Waals surface area contributed by atoms with Crippen LogP contribution in [0.25, 0.3) is 0 Å². The second-order valence-corrected chi connectivity index (χ2v) is 6.62. The van der Waals surface area contributed by atoms with E-state index in [4.69, 9.17) is 16.3 Å². The van der Waals surface area contributed by atoms with Crippen LogP contribution in [0.4, 0.5) is 0 Å². The molecule has 1 aliphatic rings. The molecule has 0 amide bonds. The van der Waals surface area contributed by atoms with Gasteiger partial charge >= 0.3 is 0 Å². The second kappa shape index (κ2) is 6.17. The van der Waals surface area contributed by atoms with Gasteiger partial charge in [-0.05, 0) is 31.9 Å². The molecule has 0 spiro atoms. The number of sulfonamides is 1. The molecule has 0 saturated carbocycles. The minimum absolute atomic E-state index is 0.0226. The molecule has 0 aliphatic carbocycles. The maximum atomic E-state index is 12.4. The highest BCUT2D eigenvalue weighted by Crippen LogP contribution is 2.25. The highest BCUT2D eigenvalue weighted by molar-refractivity contribution is 7.89. The Kier molecular flexibility index (Phi) is 4.78. The molecule has 0 N–H and O–H groups in total. The fourth-order valence-corrected chi connectivity index (χ4v) is 4.08. The SMILES string of the molecule is CCOC1CCN(S(=O)(=O)c2cccnc2Cl)CC1. The molecule has 19 heavy (non-hydrogen) atoms. The van der Waals surface area contributed by atoms with Gasteiger partial charge in [-0.3, -0.25) is 0 Å². The van der Waals surface area contributed by atoms with Crippen LogP contribution in [0.15, 0.2) is 23.2 Å². The van der Waals surface area contributed by atoms with Crippen LogP contribution in [0.1, 0.15) is 19.8 Å². The third-order valence-corrected chi connectivity index (χ3v) is 5.49. The lowest BCUT2D eigenvalue weighted by Crippen LogP contribution is -2.40. The van der Waals surface area contributed by atoms with Crippen molar-refractivity contribution in [1.82, 2.24) is 9.29 Å². The van der Waals surface area contributed by atoms with E-state index in [-0.39, 0.29) is 16.2 Å². The summed E-state index contributed by atoms with van der Waals surface area (Å²) in [6.45, 7) is 3.51. The summed E-state index contributed by atoms with van der Waals surface area (Å²) in [7, 11) is -3.55. The van der Waals surface area contributed by atoms with Crippen molar-refractivity contribution in [2.75, 3.05) is 19.7 Å². The molecule has 1 saturated heterocycles. The van der Waals surface area contributed by atoms with Crippen molar-refractivity contribution < 1.29 is 13.2 Å². The maximum absolute atomic E-state index is 12.4. The predicted molar refractivity (Wildman–Crippen MR) is 72.7 cm³/mol. The molecule has 2 rings (SSSR count). The number of hydrogen-bond donors (Lipinski definition) is 0. The Balaban J connectivity index is 2.12. The monoisotopic (exact) mass is 304 g/mol. The molecule has 0 radical (unpaired) electrons. The first-order valence-corrected chi connectivity index (χ1v) is 8.09. The number of piperidine rings is 1. The lowest BCUT2D eigenvalue weighted by molar-refractivity contribution is 0.0290.